The molecule has 0 saturated carbocycles. The van der Waals surface area contributed by atoms with Gasteiger partial charge in [0.15, 0.2) is 0 Å². The van der Waals surface area contributed by atoms with Gasteiger partial charge in [-0.15, -0.1) is 0 Å². The van der Waals surface area contributed by atoms with Gasteiger partial charge in [0.25, 0.3) is 0 Å². The van der Waals surface area contributed by atoms with E-state index in [2.05, 4.69) is 0 Å². The summed E-state index contributed by atoms with van der Waals surface area (Å²) >= 11 is 0. The number of rotatable bonds is 4. The van der Waals surface area contributed by atoms with Crippen LogP contribution in [-0.4, -0.2) is 26.8 Å². The molecule has 82 valence electrons. The number of hydrogen-bond acceptors (Lipinski definition) is 4. The minimum atomic E-state index is -0.409. The molecule has 0 atom stereocenters. The molecule has 4 nitrogen and oxygen atoms in total. The smallest absolute Gasteiger partial charge is 0.342 e. The topological polar surface area (TPSA) is 44.8 Å². The molecule has 0 amide bonds. The Balaban J connectivity index is 3.05. The lowest BCUT2D eigenvalue weighted by molar-refractivity contribution is 0.0522. The van der Waals surface area contributed by atoms with Crippen molar-refractivity contribution in [3.8, 4) is 11.5 Å². The third kappa shape index (κ3) is 2.62. The van der Waals surface area contributed by atoms with Crippen LogP contribution >= 0.6 is 0 Å². The molecular formula is C11H14O4. The van der Waals surface area contributed by atoms with E-state index in [1.165, 1.54) is 14.2 Å². The van der Waals surface area contributed by atoms with Crippen LogP contribution in [0.15, 0.2) is 18.2 Å². The molecule has 0 heterocycles. The third-order valence-corrected chi connectivity index (χ3v) is 1.90. The van der Waals surface area contributed by atoms with Gasteiger partial charge < -0.3 is 14.2 Å². The first-order valence-corrected chi connectivity index (χ1v) is 4.62. The Hall–Kier alpha value is -1.71. The number of hydrogen-bond donors (Lipinski definition) is 0. The fraction of sp³-hybridized carbons (Fsp3) is 0.364. The first-order valence-electron chi connectivity index (χ1n) is 4.62. The van der Waals surface area contributed by atoms with Gasteiger partial charge in [-0.05, 0) is 25.1 Å². The molecule has 0 spiro atoms. The van der Waals surface area contributed by atoms with Crippen molar-refractivity contribution in [3.63, 3.8) is 0 Å². The van der Waals surface area contributed by atoms with Gasteiger partial charge in [-0.1, -0.05) is 0 Å². The second kappa shape index (κ2) is 5.24. The van der Waals surface area contributed by atoms with Crippen LogP contribution in [0.5, 0.6) is 11.5 Å². The molecule has 0 unspecified atom stereocenters. The van der Waals surface area contributed by atoms with Gasteiger partial charge in [0.2, 0.25) is 0 Å². The molecular weight excluding hydrogens is 196 g/mol. The fourth-order valence-corrected chi connectivity index (χ4v) is 1.18. The highest BCUT2D eigenvalue weighted by Gasteiger charge is 2.14. The normalized spacial score (nSPS) is 9.53. The van der Waals surface area contributed by atoms with E-state index in [-0.39, 0.29) is 0 Å². The van der Waals surface area contributed by atoms with Gasteiger partial charge in [-0.3, -0.25) is 0 Å². The molecule has 0 bridgehead atoms. The first-order chi connectivity index (χ1) is 7.22. The molecule has 1 rings (SSSR count). The van der Waals surface area contributed by atoms with E-state index in [1.807, 2.05) is 0 Å². The number of esters is 1. The van der Waals surface area contributed by atoms with Crippen LogP contribution in [0.3, 0.4) is 0 Å². The Bertz CT molecular complexity index is 346. The largest absolute Gasteiger partial charge is 0.497 e. The van der Waals surface area contributed by atoms with Crippen LogP contribution in [0, 0.1) is 0 Å². The summed E-state index contributed by atoms with van der Waals surface area (Å²) in [6, 6.07) is 4.99. The highest BCUT2D eigenvalue weighted by Crippen LogP contribution is 2.24. The van der Waals surface area contributed by atoms with Crippen LogP contribution in [0.2, 0.25) is 0 Å². The van der Waals surface area contributed by atoms with E-state index in [9.17, 15) is 4.79 Å². The highest BCUT2D eigenvalue weighted by molar-refractivity contribution is 5.93. The van der Waals surface area contributed by atoms with Crippen molar-refractivity contribution in [1.29, 1.82) is 0 Å². The summed E-state index contributed by atoms with van der Waals surface area (Å²) in [6.45, 7) is 2.09. The molecule has 0 saturated heterocycles. The third-order valence-electron chi connectivity index (χ3n) is 1.90. The van der Waals surface area contributed by atoms with E-state index in [1.54, 1.807) is 25.1 Å². The first kappa shape index (κ1) is 11.4. The Kier molecular flexibility index (Phi) is 3.97. The average Bonchev–Trinajstić information content (AvgIpc) is 2.28. The van der Waals surface area contributed by atoms with Crippen LogP contribution in [0.1, 0.15) is 17.3 Å². The maximum atomic E-state index is 11.5. The predicted octanol–water partition coefficient (Wildman–Crippen LogP) is 1.88. The van der Waals surface area contributed by atoms with E-state index >= 15 is 0 Å². The number of methoxy groups -OCH3 is 2. The van der Waals surface area contributed by atoms with Crippen LogP contribution < -0.4 is 9.47 Å². The molecule has 0 N–H and O–H groups in total. The standard InChI is InChI=1S/C11H14O4/c1-4-15-11(12)9-7-8(13-2)5-6-10(9)14-3/h5-7H,4H2,1-3H3. The van der Waals surface area contributed by atoms with Gasteiger partial charge in [0, 0.05) is 0 Å². The summed E-state index contributed by atoms with van der Waals surface area (Å²) in [4.78, 5) is 11.5. The SMILES string of the molecule is CCOC(=O)c1cc(OC)ccc1OC. The molecule has 0 aliphatic rings. The molecule has 1 aromatic rings. The Morgan fingerprint density at radius 2 is 2.00 bits per heavy atom. The van der Waals surface area contributed by atoms with Crippen molar-refractivity contribution in [2.75, 3.05) is 20.8 Å². The Morgan fingerprint density at radius 1 is 1.27 bits per heavy atom. The Morgan fingerprint density at radius 3 is 2.53 bits per heavy atom. The lowest BCUT2D eigenvalue weighted by Crippen LogP contribution is -2.06. The van der Waals surface area contributed by atoms with Gasteiger partial charge in [-0.25, -0.2) is 4.79 Å². The zero-order chi connectivity index (χ0) is 11.3. The summed E-state index contributed by atoms with van der Waals surface area (Å²) in [7, 11) is 3.04. The average molecular weight is 210 g/mol. The summed E-state index contributed by atoms with van der Waals surface area (Å²) < 4.78 is 15.0. The molecule has 0 fully saturated rings. The maximum Gasteiger partial charge on any atom is 0.342 e. The second-order valence-corrected chi connectivity index (χ2v) is 2.79. The van der Waals surface area contributed by atoms with Gasteiger partial charge in [0.1, 0.15) is 17.1 Å². The van der Waals surface area contributed by atoms with Gasteiger partial charge in [-0.2, -0.15) is 0 Å². The van der Waals surface area contributed by atoms with Crippen LogP contribution in [0.4, 0.5) is 0 Å². The number of carbonyl (C=O) groups excluding carboxylic acids is 1. The molecule has 15 heavy (non-hydrogen) atoms. The molecule has 0 radical (unpaired) electrons. The molecule has 0 aliphatic carbocycles. The maximum absolute atomic E-state index is 11.5. The van der Waals surface area contributed by atoms with E-state index in [0.29, 0.717) is 23.7 Å². The van der Waals surface area contributed by atoms with E-state index in [4.69, 9.17) is 14.2 Å². The van der Waals surface area contributed by atoms with Crippen molar-refractivity contribution in [2.45, 2.75) is 6.92 Å². The zero-order valence-corrected chi connectivity index (χ0v) is 9.07. The van der Waals surface area contributed by atoms with E-state index < -0.39 is 5.97 Å². The number of ether oxygens (including phenoxy) is 3. The van der Waals surface area contributed by atoms with Crippen molar-refractivity contribution in [3.05, 3.63) is 23.8 Å². The van der Waals surface area contributed by atoms with Crippen molar-refractivity contribution in [1.82, 2.24) is 0 Å². The number of benzene rings is 1. The summed E-state index contributed by atoms with van der Waals surface area (Å²) in [5, 5.41) is 0. The molecule has 1 aromatic carbocycles. The van der Waals surface area contributed by atoms with Crippen molar-refractivity contribution < 1.29 is 19.0 Å². The van der Waals surface area contributed by atoms with Crippen LogP contribution in [0.25, 0.3) is 0 Å². The van der Waals surface area contributed by atoms with Crippen molar-refractivity contribution >= 4 is 5.97 Å². The quantitative estimate of drug-likeness (QED) is 0.712. The van der Waals surface area contributed by atoms with Crippen molar-refractivity contribution in [2.24, 2.45) is 0 Å². The summed E-state index contributed by atoms with van der Waals surface area (Å²) in [5.41, 5.74) is 0.374. The lowest BCUT2D eigenvalue weighted by Gasteiger charge is -2.09. The van der Waals surface area contributed by atoms with Gasteiger partial charge in [0.05, 0.1) is 20.8 Å². The molecule has 0 aliphatic heterocycles. The molecule has 0 aromatic heterocycles. The predicted molar refractivity (Wildman–Crippen MR) is 55.5 cm³/mol. The number of carbonyl (C=O) groups is 1. The summed E-state index contributed by atoms with van der Waals surface area (Å²) in [6.07, 6.45) is 0. The zero-order valence-electron chi connectivity index (χ0n) is 9.07. The minimum absolute atomic E-state index is 0.333. The summed E-state index contributed by atoms with van der Waals surface area (Å²) in [5.74, 6) is 0.668. The second-order valence-electron chi connectivity index (χ2n) is 2.79. The minimum Gasteiger partial charge on any atom is -0.497 e. The van der Waals surface area contributed by atoms with Gasteiger partial charge >= 0.3 is 5.97 Å². The monoisotopic (exact) mass is 210 g/mol. The lowest BCUT2D eigenvalue weighted by atomic mass is 10.2. The van der Waals surface area contributed by atoms with E-state index in [0.717, 1.165) is 0 Å². The van der Waals surface area contributed by atoms with Crippen LogP contribution in [-0.2, 0) is 4.74 Å². The Labute approximate surface area is 88.8 Å². The highest BCUT2D eigenvalue weighted by atomic mass is 16.5. The molecule has 4 heteroatoms. The fourth-order valence-electron chi connectivity index (χ4n) is 1.18.